The molecule has 0 saturated carbocycles. The van der Waals surface area contributed by atoms with Gasteiger partial charge in [-0.1, -0.05) is 19.1 Å². The molecule has 0 bridgehead atoms. The van der Waals surface area contributed by atoms with Gasteiger partial charge in [0.1, 0.15) is 11.9 Å². The van der Waals surface area contributed by atoms with Crippen molar-refractivity contribution in [3.63, 3.8) is 0 Å². The van der Waals surface area contributed by atoms with Gasteiger partial charge in [0.15, 0.2) is 5.69 Å². The standard InChI is InChI=1S/C13H12FN3/c1-3-9-4-5-10(6-12(9)14)11-8-17(2)16-13(11)7-15/h4-6,8H,3H2,1-2H3. The van der Waals surface area contributed by atoms with Crippen LogP contribution in [0.15, 0.2) is 24.4 Å². The smallest absolute Gasteiger partial charge is 0.170 e. The summed E-state index contributed by atoms with van der Waals surface area (Å²) in [6, 6.07) is 7.03. The van der Waals surface area contributed by atoms with Crippen LogP contribution in [-0.2, 0) is 13.5 Å². The Hall–Kier alpha value is -2.15. The summed E-state index contributed by atoms with van der Waals surface area (Å²) in [5.41, 5.74) is 2.34. The highest BCUT2D eigenvalue weighted by atomic mass is 19.1. The SMILES string of the molecule is CCc1ccc(-c2cn(C)nc2C#N)cc1F. The molecule has 0 radical (unpaired) electrons. The fourth-order valence-corrected chi connectivity index (χ4v) is 1.78. The fraction of sp³-hybridized carbons (Fsp3) is 0.231. The average Bonchev–Trinajstić information content (AvgIpc) is 2.70. The van der Waals surface area contributed by atoms with E-state index in [0.717, 1.165) is 0 Å². The first-order chi connectivity index (χ1) is 8.15. The molecule has 1 aromatic heterocycles. The van der Waals surface area contributed by atoms with Gasteiger partial charge in [-0.2, -0.15) is 10.4 Å². The van der Waals surface area contributed by atoms with Crippen LogP contribution in [0.1, 0.15) is 18.2 Å². The molecule has 86 valence electrons. The third kappa shape index (κ3) is 2.04. The molecule has 0 aliphatic rings. The second-order valence-corrected chi connectivity index (χ2v) is 3.84. The molecule has 4 heteroatoms. The molecule has 0 saturated heterocycles. The Bertz CT molecular complexity index is 593. The molecule has 0 aliphatic carbocycles. The van der Waals surface area contributed by atoms with Crippen LogP contribution >= 0.6 is 0 Å². The molecule has 2 aromatic rings. The van der Waals surface area contributed by atoms with Crippen molar-refractivity contribution in [1.82, 2.24) is 9.78 Å². The largest absolute Gasteiger partial charge is 0.274 e. The molecule has 2 rings (SSSR count). The molecule has 1 aromatic carbocycles. The van der Waals surface area contributed by atoms with E-state index in [0.29, 0.717) is 28.8 Å². The van der Waals surface area contributed by atoms with Crippen molar-refractivity contribution >= 4 is 0 Å². The lowest BCUT2D eigenvalue weighted by molar-refractivity contribution is 0.613. The Morgan fingerprint density at radius 1 is 1.47 bits per heavy atom. The molecule has 17 heavy (non-hydrogen) atoms. The Morgan fingerprint density at radius 3 is 2.82 bits per heavy atom. The molecule has 0 amide bonds. The van der Waals surface area contributed by atoms with Crippen molar-refractivity contribution in [1.29, 1.82) is 5.26 Å². The van der Waals surface area contributed by atoms with Gasteiger partial charge in [0, 0.05) is 18.8 Å². The van der Waals surface area contributed by atoms with E-state index in [1.807, 2.05) is 19.1 Å². The molecule has 0 atom stereocenters. The Labute approximate surface area is 99.1 Å². The van der Waals surface area contributed by atoms with Crippen LogP contribution in [0.2, 0.25) is 0 Å². The molecule has 0 N–H and O–H groups in total. The van der Waals surface area contributed by atoms with Crippen LogP contribution in [0.4, 0.5) is 4.39 Å². The van der Waals surface area contributed by atoms with Gasteiger partial charge < -0.3 is 0 Å². The second kappa shape index (κ2) is 4.38. The zero-order chi connectivity index (χ0) is 12.4. The van der Waals surface area contributed by atoms with Gasteiger partial charge in [-0.3, -0.25) is 4.68 Å². The molecule has 0 fully saturated rings. The minimum Gasteiger partial charge on any atom is -0.274 e. The summed E-state index contributed by atoms with van der Waals surface area (Å²) in [5, 5.41) is 13.0. The number of halogens is 1. The maximum Gasteiger partial charge on any atom is 0.170 e. The first-order valence-corrected chi connectivity index (χ1v) is 5.38. The molecular weight excluding hydrogens is 217 g/mol. The highest BCUT2D eigenvalue weighted by molar-refractivity contribution is 5.68. The van der Waals surface area contributed by atoms with Gasteiger partial charge in [-0.25, -0.2) is 4.39 Å². The lowest BCUT2D eigenvalue weighted by Crippen LogP contribution is -1.89. The number of nitriles is 1. The predicted octanol–water partition coefficient (Wildman–Crippen LogP) is 2.66. The fourth-order valence-electron chi connectivity index (χ4n) is 1.78. The van der Waals surface area contributed by atoms with E-state index in [1.165, 1.54) is 6.07 Å². The molecule has 0 unspecified atom stereocenters. The van der Waals surface area contributed by atoms with Crippen molar-refractivity contribution in [2.24, 2.45) is 7.05 Å². The molecule has 0 aliphatic heterocycles. The number of rotatable bonds is 2. The van der Waals surface area contributed by atoms with E-state index in [2.05, 4.69) is 5.10 Å². The van der Waals surface area contributed by atoms with Gasteiger partial charge in [-0.15, -0.1) is 0 Å². The van der Waals surface area contributed by atoms with E-state index >= 15 is 0 Å². The number of aryl methyl sites for hydroxylation is 2. The van der Waals surface area contributed by atoms with Crippen molar-refractivity contribution in [3.8, 4) is 17.2 Å². The molecular formula is C13H12FN3. The maximum atomic E-state index is 13.7. The van der Waals surface area contributed by atoms with Crippen LogP contribution < -0.4 is 0 Å². The summed E-state index contributed by atoms with van der Waals surface area (Å²) in [6.07, 6.45) is 2.38. The summed E-state index contributed by atoms with van der Waals surface area (Å²) >= 11 is 0. The Balaban J connectivity index is 2.54. The first kappa shape index (κ1) is 11.3. The Kier molecular flexibility index (Phi) is 2.92. The lowest BCUT2D eigenvalue weighted by atomic mass is 10.0. The minimum atomic E-state index is -0.238. The first-order valence-electron chi connectivity index (χ1n) is 5.38. The third-order valence-electron chi connectivity index (χ3n) is 2.68. The van der Waals surface area contributed by atoms with Crippen LogP contribution in [-0.4, -0.2) is 9.78 Å². The number of hydrogen-bond acceptors (Lipinski definition) is 2. The zero-order valence-corrected chi connectivity index (χ0v) is 9.74. The number of aromatic nitrogens is 2. The summed E-state index contributed by atoms with van der Waals surface area (Å²) < 4.78 is 15.2. The summed E-state index contributed by atoms with van der Waals surface area (Å²) in [6.45, 7) is 1.91. The van der Waals surface area contributed by atoms with E-state index in [4.69, 9.17) is 5.26 Å². The Morgan fingerprint density at radius 2 is 2.24 bits per heavy atom. The number of benzene rings is 1. The molecule has 1 heterocycles. The quantitative estimate of drug-likeness (QED) is 0.794. The van der Waals surface area contributed by atoms with Crippen molar-refractivity contribution in [2.45, 2.75) is 13.3 Å². The van der Waals surface area contributed by atoms with Gasteiger partial charge in [0.25, 0.3) is 0 Å². The topological polar surface area (TPSA) is 41.6 Å². The number of hydrogen-bond donors (Lipinski definition) is 0. The summed E-state index contributed by atoms with van der Waals surface area (Å²) in [7, 11) is 1.74. The molecule has 0 spiro atoms. The minimum absolute atomic E-state index is 0.238. The van der Waals surface area contributed by atoms with E-state index in [9.17, 15) is 4.39 Å². The van der Waals surface area contributed by atoms with Gasteiger partial charge in [-0.05, 0) is 23.6 Å². The van der Waals surface area contributed by atoms with Gasteiger partial charge in [0.2, 0.25) is 0 Å². The lowest BCUT2D eigenvalue weighted by Gasteiger charge is -2.02. The summed E-state index contributed by atoms with van der Waals surface area (Å²) in [4.78, 5) is 0. The van der Waals surface area contributed by atoms with Crippen LogP contribution in [0.25, 0.3) is 11.1 Å². The molecule has 3 nitrogen and oxygen atoms in total. The van der Waals surface area contributed by atoms with Crippen LogP contribution in [0.5, 0.6) is 0 Å². The van der Waals surface area contributed by atoms with Gasteiger partial charge in [0.05, 0.1) is 0 Å². The van der Waals surface area contributed by atoms with Crippen molar-refractivity contribution in [3.05, 3.63) is 41.5 Å². The predicted molar refractivity (Wildman–Crippen MR) is 62.7 cm³/mol. The zero-order valence-electron chi connectivity index (χ0n) is 9.74. The van der Waals surface area contributed by atoms with Crippen LogP contribution in [0.3, 0.4) is 0 Å². The summed E-state index contributed by atoms with van der Waals surface area (Å²) in [5.74, 6) is -0.238. The van der Waals surface area contributed by atoms with Crippen LogP contribution in [0, 0.1) is 17.1 Å². The van der Waals surface area contributed by atoms with Crippen molar-refractivity contribution < 1.29 is 4.39 Å². The van der Waals surface area contributed by atoms with Gasteiger partial charge >= 0.3 is 0 Å². The van der Waals surface area contributed by atoms with Crippen molar-refractivity contribution in [2.75, 3.05) is 0 Å². The second-order valence-electron chi connectivity index (χ2n) is 3.84. The maximum absolute atomic E-state index is 13.7. The highest BCUT2D eigenvalue weighted by Gasteiger charge is 2.11. The normalized spacial score (nSPS) is 10.2. The van der Waals surface area contributed by atoms with E-state index in [-0.39, 0.29) is 5.82 Å². The van der Waals surface area contributed by atoms with E-state index < -0.39 is 0 Å². The number of nitrogens with zero attached hydrogens (tertiary/aromatic N) is 3. The third-order valence-corrected chi connectivity index (χ3v) is 2.68. The van der Waals surface area contributed by atoms with E-state index in [1.54, 1.807) is 24.0 Å². The highest BCUT2D eigenvalue weighted by Crippen LogP contribution is 2.24. The monoisotopic (exact) mass is 229 g/mol. The average molecular weight is 229 g/mol.